The zero-order valence-electron chi connectivity index (χ0n) is 26.1. The van der Waals surface area contributed by atoms with Crippen LogP contribution in [0, 0.1) is 22.7 Å². The maximum atomic E-state index is 13.4. The largest absolute Gasteiger partial charge is 0.458 e. The summed E-state index contributed by atoms with van der Waals surface area (Å²) in [5.74, 6) is -2.69. The maximum Gasteiger partial charge on any atom is 0.331 e. The van der Waals surface area contributed by atoms with Gasteiger partial charge in [-0.3, -0.25) is 19.1 Å². The Labute approximate surface area is 258 Å². The van der Waals surface area contributed by atoms with Crippen molar-refractivity contribution in [3.63, 3.8) is 0 Å². The first kappa shape index (κ1) is 32.9. The van der Waals surface area contributed by atoms with Gasteiger partial charge in [0.2, 0.25) is 12.6 Å². The summed E-state index contributed by atoms with van der Waals surface area (Å²) in [6, 6.07) is 9.35. The third-order valence-corrected chi connectivity index (χ3v) is 9.43. The number of allylic oxidation sites excluding steroid dienone is 2. The molecule has 0 bridgehead atoms. The molecule has 0 amide bonds. The molecule has 1 aromatic carbocycles. The Kier molecular flexibility index (Phi) is 9.98. The molecule has 0 unspecified atom stereocenters. The second-order valence-electron chi connectivity index (χ2n) is 12.2. The third kappa shape index (κ3) is 6.58. The normalized spacial score (nSPS) is 32.4. The highest BCUT2D eigenvalue weighted by atomic mass is 16.8. The van der Waals surface area contributed by atoms with Gasteiger partial charge in [0.1, 0.15) is 17.6 Å². The lowest BCUT2D eigenvalue weighted by molar-refractivity contribution is -0.257. The van der Waals surface area contributed by atoms with Crippen molar-refractivity contribution in [3.8, 4) is 0 Å². The van der Waals surface area contributed by atoms with Gasteiger partial charge in [0.15, 0.2) is 0 Å². The first-order valence-electron chi connectivity index (χ1n) is 14.9. The summed E-state index contributed by atoms with van der Waals surface area (Å²) in [5, 5.41) is 0. The molecule has 44 heavy (non-hydrogen) atoms. The van der Waals surface area contributed by atoms with Crippen LogP contribution in [0.4, 0.5) is 0 Å². The standard InChI is InChI=1S/C35H42O9/c1-8-21(2)16-17-34(7)22(3)18-30(43-31(39)15-14-26-12-10-9-11-13-26)35-28(19-27(20-29(34)35)40-23(4)36)32(41-24(5)37)44-33(35)42-25(6)38/h8-15,19,22,27,29-30,32-33H,1-2,16-18,20H2,3-7H3/t22-,27+,29+,30+,32-,33+,34-,35-/m0/s1. The monoisotopic (exact) mass is 606 g/mol. The van der Waals surface area contributed by atoms with Crippen molar-refractivity contribution in [1.29, 1.82) is 0 Å². The Morgan fingerprint density at radius 3 is 2.25 bits per heavy atom. The second-order valence-corrected chi connectivity index (χ2v) is 12.2. The molecule has 1 aromatic rings. The number of hydrogen-bond donors (Lipinski definition) is 0. The molecule has 1 saturated carbocycles. The summed E-state index contributed by atoms with van der Waals surface area (Å²) in [5.41, 5.74) is 0.431. The molecule has 8 atom stereocenters. The van der Waals surface area contributed by atoms with Gasteiger partial charge in [0, 0.05) is 32.4 Å². The SMILES string of the molecule is C=CC(=C)CC[C@]1(C)[C@H]2C[C@H](OC(C)=O)C=C3[C@@H](OC(C)=O)O[C@@H](OC(C)=O)[C@@]32[C@H](OC(=O)C=Cc2ccccc2)C[C@@H]1C. The number of benzene rings is 1. The molecule has 9 nitrogen and oxygen atoms in total. The number of ether oxygens (including phenoxy) is 5. The number of esters is 4. The van der Waals surface area contributed by atoms with Crippen LogP contribution in [0.3, 0.4) is 0 Å². The van der Waals surface area contributed by atoms with Crippen molar-refractivity contribution < 1.29 is 42.9 Å². The predicted molar refractivity (Wildman–Crippen MR) is 162 cm³/mol. The summed E-state index contributed by atoms with van der Waals surface area (Å²) in [7, 11) is 0. The summed E-state index contributed by atoms with van der Waals surface area (Å²) < 4.78 is 29.7. The zero-order valence-corrected chi connectivity index (χ0v) is 26.1. The Balaban J connectivity index is 1.88. The highest BCUT2D eigenvalue weighted by molar-refractivity contribution is 5.87. The van der Waals surface area contributed by atoms with E-state index in [2.05, 4.69) is 27.0 Å². The second kappa shape index (κ2) is 13.3. The van der Waals surface area contributed by atoms with E-state index < -0.39 is 65.4 Å². The van der Waals surface area contributed by atoms with E-state index >= 15 is 0 Å². The van der Waals surface area contributed by atoms with Crippen LogP contribution in [0.15, 0.2) is 72.9 Å². The van der Waals surface area contributed by atoms with E-state index in [9.17, 15) is 19.2 Å². The zero-order chi connectivity index (χ0) is 32.2. The van der Waals surface area contributed by atoms with Gasteiger partial charge >= 0.3 is 23.9 Å². The summed E-state index contributed by atoms with van der Waals surface area (Å²) in [6.45, 7) is 16.1. The van der Waals surface area contributed by atoms with Gasteiger partial charge in [0.05, 0.1) is 0 Å². The van der Waals surface area contributed by atoms with Crippen molar-refractivity contribution >= 4 is 30.0 Å². The van der Waals surface area contributed by atoms with E-state index in [1.54, 1.807) is 18.2 Å². The first-order chi connectivity index (χ1) is 20.8. The first-order valence-corrected chi connectivity index (χ1v) is 14.9. The van der Waals surface area contributed by atoms with Crippen molar-refractivity contribution in [2.75, 3.05) is 0 Å². The van der Waals surface area contributed by atoms with Crippen LogP contribution in [0.1, 0.15) is 65.9 Å². The molecule has 236 valence electrons. The minimum Gasteiger partial charge on any atom is -0.458 e. The van der Waals surface area contributed by atoms with Crippen LogP contribution >= 0.6 is 0 Å². The maximum absolute atomic E-state index is 13.4. The van der Waals surface area contributed by atoms with Crippen molar-refractivity contribution in [2.24, 2.45) is 22.7 Å². The van der Waals surface area contributed by atoms with E-state index in [1.165, 1.54) is 26.8 Å². The number of carbonyl (C=O) groups is 4. The number of hydrogen-bond acceptors (Lipinski definition) is 9. The molecule has 2 aliphatic carbocycles. The molecular formula is C35H42O9. The lowest BCUT2D eigenvalue weighted by Crippen LogP contribution is -2.64. The fourth-order valence-corrected chi connectivity index (χ4v) is 7.25. The van der Waals surface area contributed by atoms with Gasteiger partial charge in [-0.1, -0.05) is 69.0 Å². The lowest BCUT2D eigenvalue weighted by Gasteiger charge is -2.61. The molecule has 2 fully saturated rings. The van der Waals surface area contributed by atoms with E-state index in [-0.39, 0.29) is 5.92 Å². The molecular weight excluding hydrogens is 564 g/mol. The highest BCUT2D eigenvalue weighted by Crippen LogP contribution is 2.68. The minimum atomic E-state index is -1.25. The van der Waals surface area contributed by atoms with E-state index in [4.69, 9.17) is 23.7 Å². The van der Waals surface area contributed by atoms with Crippen LogP contribution in [-0.2, 0) is 42.9 Å². The average molecular weight is 607 g/mol. The Bertz CT molecular complexity index is 1360. The van der Waals surface area contributed by atoms with Gasteiger partial charge in [-0.15, -0.1) is 0 Å². The lowest BCUT2D eigenvalue weighted by atomic mass is 9.45. The van der Waals surface area contributed by atoms with Gasteiger partial charge in [-0.2, -0.15) is 0 Å². The molecule has 1 heterocycles. The summed E-state index contributed by atoms with van der Waals surface area (Å²) >= 11 is 0. The van der Waals surface area contributed by atoms with Gasteiger partial charge in [0.25, 0.3) is 0 Å². The number of carbonyl (C=O) groups excluding carboxylic acids is 4. The van der Waals surface area contributed by atoms with Crippen LogP contribution < -0.4 is 0 Å². The molecule has 0 aromatic heterocycles. The molecule has 1 saturated heterocycles. The fraction of sp³-hybridized carbons (Fsp3) is 0.486. The van der Waals surface area contributed by atoms with Crippen molar-refractivity contribution in [1.82, 2.24) is 0 Å². The minimum absolute atomic E-state index is 0.00488. The smallest absolute Gasteiger partial charge is 0.331 e. The third-order valence-electron chi connectivity index (χ3n) is 9.43. The number of rotatable bonds is 10. The molecule has 9 heteroatoms. The average Bonchev–Trinajstić information content (AvgIpc) is 3.25. The Morgan fingerprint density at radius 1 is 0.977 bits per heavy atom. The summed E-state index contributed by atoms with van der Waals surface area (Å²) in [6.07, 6.45) is 4.51. The Hall–Kier alpha value is -3.98. The van der Waals surface area contributed by atoms with Gasteiger partial charge < -0.3 is 18.9 Å². The van der Waals surface area contributed by atoms with Crippen molar-refractivity contribution in [3.05, 3.63) is 78.4 Å². The fourth-order valence-electron chi connectivity index (χ4n) is 7.25. The van der Waals surface area contributed by atoms with E-state index in [0.717, 1.165) is 11.1 Å². The molecule has 4 rings (SSSR count). The van der Waals surface area contributed by atoms with E-state index in [1.807, 2.05) is 30.3 Å². The molecule has 3 aliphatic rings. The van der Waals surface area contributed by atoms with Crippen LogP contribution in [-0.4, -0.2) is 48.7 Å². The molecule has 1 spiro atoms. The summed E-state index contributed by atoms with van der Waals surface area (Å²) in [4.78, 5) is 50.3. The van der Waals surface area contributed by atoms with Gasteiger partial charge in [-0.25, -0.2) is 4.79 Å². The van der Waals surface area contributed by atoms with Crippen molar-refractivity contribution in [2.45, 2.75) is 85.1 Å². The molecule has 0 N–H and O–H groups in total. The van der Waals surface area contributed by atoms with Crippen LogP contribution in [0.2, 0.25) is 0 Å². The quantitative estimate of drug-likeness (QED) is 0.106. The molecule has 1 aliphatic heterocycles. The molecule has 0 radical (unpaired) electrons. The Morgan fingerprint density at radius 2 is 1.64 bits per heavy atom. The van der Waals surface area contributed by atoms with Crippen LogP contribution in [0.5, 0.6) is 0 Å². The predicted octanol–water partition coefficient (Wildman–Crippen LogP) is 5.85. The highest BCUT2D eigenvalue weighted by Gasteiger charge is 2.72. The van der Waals surface area contributed by atoms with E-state index in [0.29, 0.717) is 31.3 Å². The van der Waals surface area contributed by atoms with Gasteiger partial charge in [-0.05, 0) is 60.6 Å². The topological polar surface area (TPSA) is 114 Å². The van der Waals surface area contributed by atoms with Crippen LogP contribution in [0.25, 0.3) is 6.08 Å².